The molecule has 10 heteroatoms. The van der Waals surface area contributed by atoms with E-state index in [1.54, 1.807) is 18.2 Å². The summed E-state index contributed by atoms with van der Waals surface area (Å²) in [6, 6.07) is 9.14. The van der Waals surface area contributed by atoms with E-state index >= 15 is 4.39 Å². The van der Waals surface area contributed by atoms with Crippen LogP contribution in [0.3, 0.4) is 0 Å². The molecular formula is C24H27FN8O. The summed E-state index contributed by atoms with van der Waals surface area (Å²) in [5.41, 5.74) is 2.45. The van der Waals surface area contributed by atoms with Crippen LogP contribution in [-0.2, 0) is 0 Å². The molecule has 1 aliphatic rings. The highest BCUT2D eigenvalue weighted by molar-refractivity contribution is 5.82. The van der Waals surface area contributed by atoms with E-state index in [-0.39, 0.29) is 17.8 Å². The summed E-state index contributed by atoms with van der Waals surface area (Å²) < 4.78 is 21.0. The number of piperazine rings is 1. The van der Waals surface area contributed by atoms with Crippen molar-refractivity contribution in [2.45, 2.75) is 26.8 Å². The van der Waals surface area contributed by atoms with Crippen molar-refractivity contribution < 1.29 is 9.13 Å². The molecule has 176 valence electrons. The van der Waals surface area contributed by atoms with Gasteiger partial charge in [0.1, 0.15) is 11.6 Å². The number of anilines is 3. The first-order valence-electron chi connectivity index (χ1n) is 11.3. The number of aromatic nitrogens is 5. The Kier molecular flexibility index (Phi) is 5.89. The highest BCUT2D eigenvalue weighted by Crippen LogP contribution is 2.31. The third kappa shape index (κ3) is 4.44. The van der Waals surface area contributed by atoms with E-state index in [4.69, 9.17) is 4.74 Å². The number of aromatic amines is 2. The fourth-order valence-corrected chi connectivity index (χ4v) is 4.11. The maximum atomic E-state index is 15.2. The smallest absolute Gasteiger partial charge is 0.326 e. The topological polar surface area (TPSA) is 107 Å². The number of nitrogens with one attached hydrogen (secondary N) is 4. The molecule has 1 unspecified atom stereocenters. The predicted octanol–water partition coefficient (Wildman–Crippen LogP) is 4.50. The lowest BCUT2D eigenvalue weighted by Crippen LogP contribution is -2.50. The van der Waals surface area contributed by atoms with Gasteiger partial charge in [0.05, 0.1) is 5.69 Å². The van der Waals surface area contributed by atoms with Crippen LogP contribution < -0.4 is 20.3 Å². The summed E-state index contributed by atoms with van der Waals surface area (Å²) in [6.07, 6.45) is 3.84. The molecule has 9 nitrogen and oxygen atoms in total. The summed E-state index contributed by atoms with van der Waals surface area (Å²) in [5.74, 6) is 1.42. The second kappa shape index (κ2) is 9.14. The van der Waals surface area contributed by atoms with Crippen molar-refractivity contribution in [1.82, 2.24) is 30.5 Å². The van der Waals surface area contributed by atoms with Crippen LogP contribution in [0.4, 0.5) is 21.8 Å². The maximum Gasteiger partial charge on any atom is 0.326 e. The zero-order valence-electron chi connectivity index (χ0n) is 19.3. The molecule has 4 N–H and O–H groups in total. The third-order valence-corrected chi connectivity index (χ3v) is 5.73. The highest BCUT2D eigenvalue weighted by Gasteiger charge is 2.22. The van der Waals surface area contributed by atoms with Crippen molar-refractivity contribution in [3.63, 3.8) is 0 Å². The minimum absolute atomic E-state index is 0.0560. The summed E-state index contributed by atoms with van der Waals surface area (Å²) in [7, 11) is 0. The van der Waals surface area contributed by atoms with Crippen LogP contribution in [0.5, 0.6) is 11.8 Å². The Bertz CT molecular complexity index is 1340. The molecule has 4 heterocycles. The van der Waals surface area contributed by atoms with Gasteiger partial charge in [-0.25, -0.2) is 4.39 Å². The monoisotopic (exact) mass is 462 g/mol. The van der Waals surface area contributed by atoms with E-state index in [2.05, 4.69) is 47.6 Å². The summed E-state index contributed by atoms with van der Waals surface area (Å²) >= 11 is 0. The standard InChI is InChI=1S/C24H27FN8O/c1-4-5-16-11-21(32-31-16)28-20-12-22(33-9-8-26-13-15(33)3)30-24(29-20)34-19-7-6-18-17(23(19)25)10-14(2)27-18/h4-7,10-12,15,26-27H,8-9,13H2,1-3H3,(H2,28,29,30,31,32)/b5-4+. The maximum absolute atomic E-state index is 15.2. The summed E-state index contributed by atoms with van der Waals surface area (Å²) in [6.45, 7) is 8.42. The van der Waals surface area contributed by atoms with E-state index in [1.807, 2.05) is 38.1 Å². The number of nitrogens with zero attached hydrogens (tertiary/aromatic N) is 4. The Morgan fingerprint density at radius 3 is 2.91 bits per heavy atom. The summed E-state index contributed by atoms with van der Waals surface area (Å²) in [4.78, 5) is 14.4. The van der Waals surface area contributed by atoms with Crippen LogP contribution in [0.15, 0.2) is 36.4 Å². The molecule has 0 spiro atoms. The van der Waals surface area contributed by atoms with Gasteiger partial charge in [-0.3, -0.25) is 5.10 Å². The molecule has 1 aromatic carbocycles. The highest BCUT2D eigenvalue weighted by atomic mass is 19.1. The SMILES string of the molecule is C/C=C/c1cc(Nc2cc(N3CCNCC3C)nc(Oc3ccc4[nH]c(C)cc4c3F)n2)n[nH]1. The van der Waals surface area contributed by atoms with Crippen LogP contribution in [-0.4, -0.2) is 50.8 Å². The van der Waals surface area contributed by atoms with Crippen molar-refractivity contribution in [2.75, 3.05) is 29.9 Å². The van der Waals surface area contributed by atoms with E-state index in [1.165, 1.54) is 0 Å². The molecule has 5 rings (SSSR count). The Labute approximate surface area is 196 Å². The molecule has 1 atom stereocenters. The predicted molar refractivity (Wildman–Crippen MR) is 131 cm³/mol. The Morgan fingerprint density at radius 2 is 2.09 bits per heavy atom. The minimum Gasteiger partial charge on any atom is -0.421 e. The lowest BCUT2D eigenvalue weighted by molar-refractivity contribution is 0.412. The van der Waals surface area contributed by atoms with Crippen LogP contribution in [0.2, 0.25) is 0 Å². The lowest BCUT2D eigenvalue weighted by Gasteiger charge is -2.35. The molecule has 0 amide bonds. The van der Waals surface area contributed by atoms with Crippen molar-refractivity contribution >= 4 is 34.4 Å². The largest absolute Gasteiger partial charge is 0.421 e. The van der Waals surface area contributed by atoms with Crippen molar-refractivity contribution in [3.05, 3.63) is 53.6 Å². The Balaban J connectivity index is 1.50. The molecule has 0 aliphatic carbocycles. The number of aryl methyl sites for hydroxylation is 1. The van der Waals surface area contributed by atoms with Gasteiger partial charge in [-0.1, -0.05) is 6.08 Å². The van der Waals surface area contributed by atoms with E-state index in [9.17, 15) is 0 Å². The number of allylic oxidation sites excluding steroid dienone is 1. The number of halogens is 1. The number of benzene rings is 1. The first-order valence-corrected chi connectivity index (χ1v) is 11.3. The molecule has 0 bridgehead atoms. The average Bonchev–Trinajstić information content (AvgIpc) is 3.42. The van der Waals surface area contributed by atoms with Crippen LogP contribution >= 0.6 is 0 Å². The van der Waals surface area contributed by atoms with Gasteiger partial charge in [0.15, 0.2) is 17.4 Å². The zero-order valence-corrected chi connectivity index (χ0v) is 19.3. The Morgan fingerprint density at radius 1 is 1.21 bits per heavy atom. The van der Waals surface area contributed by atoms with E-state index < -0.39 is 5.82 Å². The van der Waals surface area contributed by atoms with Crippen molar-refractivity contribution in [1.29, 1.82) is 0 Å². The van der Waals surface area contributed by atoms with Gasteiger partial charge in [-0.2, -0.15) is 15.1 Å². The van der Waals surface area contributed by atoms with Gasteiger partial charge >= 0.3 is 6.01 Å². The molecule has 0 radical (unpaired) electrons. The second-order valence-corrected chi connectivity index (χ2v) is 8.37. The normalized spacial score (nSPS) is 16.5. The number of fused-ring (bicyclic) bond motifs is 1. The lowest BCUT2D eigenvalue weighted by atomic mass is 10.2. The quantitative estimate of drug-likeness (QED) is 0.334. The third-order valence-electron chi connectivity index (χ3n) is 5.73. The second-order valence-electron chi connectivity index (χ2n) is 8.37. The van der Waals surface area contributed by atoms with Gasteiger partial charge in [0.25, 0.3) is 0 Å². The van der Waals surface area contributed by atoms with Crippen LogP contribution in [0.1, 0.15) is 25.2 Å². The van der Waals surface area contributed by atoms with Gasteiger partial charge in [-0.05, 0) is 45.0 Å². The van der Waals surface area contributed by atoms with E-state index in [0.29, 0.717) is 28.4 Å². The molecule has 4 aromatic rings. The van der Waals surface area contributed by atoms with E-state index in [0.717, 1.165) is 31.0 Å². The van der Waals surface area contributed by atoms with Crippen molar-refractivity contribution in [3.8, 4) is 11.8 Å². The van der Waals surface area contributed by atoms with Gasteiger partial charge in [0.2, 0.25) is 0 Å². The fourth-order valence-electron chi connectivity index (χ4n) is 4.11. The first kappa shape index (κ1) is 21.9. The molecule has 34 heavy (non-hydrogen) atoms. The Hall–Kier alpha value is -3.92. The molecule has 0 saturated carbocycles. The van der Waals surface area contributed by atoms with Gasteiger partial charge in [0, 0.05) is 54.4 Å². The number of ether oxygens (including phenoxy) is 1. The van der Waals surface area contributed by atoms with Gasteiger partial charge in [-0.15, -0.1) is 0 Å². The van der Waals surface area contributed by atoms with Crippen molar-refractivity contribution in [2.24, 2.45) is 0 Å². The van der Waals surface area contributed by atoms with Crippen LogP contribution in [0, 0.1) is 12.7 Å². The summed E-state index contributed by atoms with van der Waals surface area (Å²) in [5, 5.41) is 14.3. The fraction of sp³-hybridized carbons (Fsp3) is 0.292. The number of H-pyrrole nitrogens is 2. The average molecular weight is 463 g/mol. The molecule has 3 aromatic heterocycles. The molecule has 1 fully saturated rings. The van der Waals surface area contributed by atoms with Crippen LogP contribution in [0.25, 0.3) is 17.0 Å². The molecular weight excluding hydrogens is 435 g/mol. The minimum atomic E-state index is -0.454. The first-order chi connectivity index (χ1) is 16.5. The molecule has 1 aliphatic heterocycles. The zero-order chi connectivity index (χ0) is 23.7. The number of rotatable bonds is 6. The number of hydrogen-bond acceptors (Lipinski definition) is 7. The molecule has 1 saturated heterocycles. The number of hydrogen-bond donors (Lipinski definition) is 4. The van der Waals surface area contributed by atoms with Gasteiger partial charge < -0.3 is 25.3 Å².